The van der Waals surface area contributed by atoms with Gasteiger partial charge in [0.2, 0.25) is 5.91 Å². The molecule has 0 spiro atoms. The summed E-state index contributed by atoms with van der Waals surface area (Å²) in [5.41, 5.74) is -0.240. The highest BCUT2D eigenvalue weighted by Crippen LogP contribution is 2.35. The van der Waals surface area contributed by atoms with Crippen molar-refractivity contribution in [1.82, 2.24) is 4.98 Å². The van der Waals surface area contributed by atoms with Crippen LogP contribution in [-0.2, 0) is 11.0 Å². The number of thioether (sulfide) groups is 1. The molecule has 2 rings (SSSR count). The van der Waals surface area contributed by atoms with E-state index in [1.54, 1.807) is 6.92 Å². The number of rotatable bonds is 4. The number of para-hydroxylation sites is 1. The maximum Gasteiger partial charge on any atom is 0.418 e. The lowest BCUT2D eigenvalue weighted by Crippen LogP contribution is -2.24. The first kappa shape index (κ1) is 16.8. The molecule has 1 atom stereocenters. The van der Waals surface area contributed by atoms with E-state index in [9.17, 15) is 18.0 Å². The third-order valence-electron chi connectivity index (χ3n) is 2.74. The average Bonchev–Trinajstić information content (AvgIpc) is 2.83. The minimum absolute atomic E-state index is 0.234. The number of benzene rings is 1. The Kier molecular flexibility index (Phi) is 5.12. The van der Waals surface area contributed by atoms with Gasteiger partial charge in [-0.05, 0) is 26.0 Å². The average molecular weight is 346 g/mol. The van der Waals surface area contributed by atoms with Crippen LogP contribution in [0.3, 0.4) is 0 Å². The number of amides is 1. The van der Waals surface area contributed by atoms with E-state index in [1.807, 2.05) is 12.3 Å². The molecule has 22 heavy (non-hydrogen) atoms. The van der Waals surface area contributed by atoms with Gasteiger partial charge in [-0.3, -0.25) is 4.79 Å². The summed E-state index contributed by atoms with van der Waals surface area (Å²) in [5, 5.41) is 3.64. The van der Waals surface area contributed by atoms with Crippen LogP contribution in [0, 0.1) is 6.92 Å². The van der Waals surface area contributed by atoms with Gasteiger partial charge in [-0.15, -0.1) is 11.3 Å². The number of halogens is 3. The smallest absolute Gasteiger partial charge is 0.325 e. The molecule has 0 aliphatic heterocycles. The molecule has 1 aromatic heterocycles. The van der Waals surface area contributed by atoms with Crippen molar-refractivity contribution in [2.75, 3.05) is 5.32 Å². The lowest BCUT2D eigenvalue weighted by Gasteiger charge is -2.15. The van der Waals surface area contributed by atoms with Crippen LogP contribution in [-0.4, -0.2) is 16.1 Å². The molecule has 1 aromatic carbocycles. The Morgan fingerprint density at radius 3 is 2.64 bits per heavy atom. The van der Waals surface area contributed by atoms with Gasteiger partial charge in [-0.25, -0.2) is 4.98 Å². The van der Waals surface area contributed by atoms with Crippen LogP contribution < -0.4 is 5.32 Å². The summed E-state index contributed by atoms with van der Waals surface area (Å²) in [6.45, 7) is 3.47. The van der Waals surface area contributed by atoms with E-state index in [1.165, 1.54) is 41.3 Å². The Hall–Kier alpha value is -1.54. The molecule has 1 N–H and O–H groups in total. The monoisotopic (exact) mass is 346 g/mol. The van der Waals surface area contributed by atoms with Crippen LogP contribution in [0.1, 0.15) is 18.2 Å². The van der Waals surface area contributed by atoms with Crippen molar-refractivity contribution in [2.24, 2.45) is 0 Å². The Bertz CT molecular complexity index is 670. The minimum Gasteiger partial charge on any atom is -0.325 e. The van der Waals surface area contributed by atoms with E-state index in [-0.39, 0.29) is 5.69 Å². The van der Waals surface area contributed by atoms with E-state index >= 15 is 0 Å². The number of thiazole rings is 1. The highest BCUT2D eigenvalue weighted by atomic mass is 32.2. The molecule has 118 valence electrons. The highest BCUT2D eigenvalue weighted by Gasteiger charge is 2.33. The Balaban J connectivity index is 2.09. The van der Waals surface area contributed by atoms with E-state index in [0.717, 1.165) is 11.8 Å². The molecule has 0 unspecified atom stereocenters. The first-order valence-corrected chi connectivity index (χ1v) is 8.09. The summed E-state index contributed by atoms with van der Waals surface area (Å²) < 4.78 is 39.4. The number of carbonyl (C=O) groups excluding carboxylic acids is 1. The molecule has 0 aliphatic rings. The summed E-state index contributed by atoms with van der Waals surface area (Å²) in [6, 6.07) is 4.92. The molecular weight excluding hydrogens is 333 g/mol. The molecule has 0 bridgehead atoms. The first-order valence-electron chi connectivity index (χ1n) is 6.33. The van der Waals surface area contributed by atoms with Crippen LogP contribution in [0.4, 0.5) is 18.9 Å². The molecule has 0 saturated carbocycles. The number of nitrogens with one attached hydrogen (secondary N) is 1. The molecule has 0 saturated heterocycles. The van der Waals surface area contributed by atoms with Crippen molar-refractivity contribution >= 4 is 34.7 Å². The summed E-state index contributed by atoms with van der Waals surface area (Å²) in [7, 11) is 0. The maximum atomic E-state index is 12.9. The van der Waals surface area contributed by atoms with Crippen molar-refractivity contribution < 1.29 is 18.0 Å². The number of aromatic nitrogens is 1. The second kappa shape index (κ2) is 6.70. The van der Waals surface area contributed by atoms with Crippen LogP contribution >= 0.6 is 23.1 Å². The zero-order valence-corrected chi connectivity index (χ0v) is 13.4. The lowest BCUT2D eigenvalue weighted by atomic mass is 10.1. The third-order valence-corrected chi connectivity index (χ3v) is 4.92. The SMILES string of the molecule is Cc1csc(S[C@H](C)C(=O)Nc2ccccc2C(F)(F)F)n1. The van der Waals surface area contributed by atoms with Crippen molar-refractivity contribution in [3.63, 3.8) is 0 Å². The van der Waals surface area contributed by atoms with Crippen LogP contribution in [0.2, 0.25) is 0 Å². The minimum atomic E-state index is -4.51. The largest absolute Gasteiger partial charge is 0.418 e. The molecule has 0 fully saturated rings. The van der Waals surface area contributed by atoms with Gasteiger partial charge >= 0.3 is 6.18 Å². The number of anilines is 1. The molecule has 2 aromatic rings. The second-order valence-electron chi connectivity index (χ2n) is 4.55. The lowest BCUT2D eigenvalue weighted by molar-refractivity contribution is -0.137. The molecule has 3 nitrogen and oxygen atoms in total. The summed E-state index contributed by atoms with van der Waals surface area (Å²) in [4.78, 5) is 16.3. The molecule has 0 radical (unpaired) electrons. The summed E-state index contributed by atoms with van der Waals surface area (Å²) >= 11 is 2.62. The van der Waals surface area contributed by atoms with E-state index in [0.29, 0.717) is 4.34 Å². The predicted molar refractivity (Wildman–Crippen MR) is 82.2 cm³/mol. The van der Waals surface area contributed by atoms with Gasteiger partial charge in [0, 0.05) is 11.1 Å². The second-order valence-corrected chi connectivity index (χ2v) is 6.99. The fourth-order valence-electron chi connectivity index (χ4n) is 1.66. The van der Waals surface area contributed by atoms with Crippen LogP contribution in [0.15, 0.2) is 34.0 Å². The van der Waals surface area contributed by atoms with E-state index in [2.05, 4.69) is 10.3 Å². The van der Waals surface area contributed by atoms with Gasteiger partial charge in [0.15, 0.2) is 4.34 Å². The molecule has 1 amide bonds. The number of carbonyl (C=O) groups is 1. The topological polar surface area (TPSA) is 42.0 Å². The molecule has 1 heterocycles. The molecular formula is C14H13F3N2OS2. The van der Waals surface area contributed by atoms with Crippen molar-refractivity contribution in [2.45, 2.75) is 29.6 Å². The number of hydrogen-bond donors (Lipinski definition) is 1. The zero-order chi connectivity index (χ0) is 16.3. The van der Waals surface area contributed by atoms with Crippen LogP contribution in [0.25, 0.3) is 0 Å². The Labute approximate surface area is 134 Å². The van der Waals surface area contributed by atoms with Gasteiger partial charge in [0.05, 0.1) is 16.5 Å². The van der Waals surface area contributed by atoms with Gasteiger partial charge in [0.1, 0.15) is 0 Å². The van der Waals surface area contributed by atoms with Gasteiger partial charge in [-0.2, -0.15) is 13.2 Å². The quantitative estimate of drug-likeness (QED) is 0.824. The van der Waals surface area contributed by atoms with Crippen LogP contribution in [0.5, 0.6) is 0 Å². The maximum absolute atomic E-state index is 12.9. The van der Waals surface area contributed by atoms with E-state index in [4.69, 9.17) is 0 Å². The van der Waals surface area contributed by atoms with Crippen molar-refractivity contribution in [1.29, 1.82) is 0 Å². The third kappa shape index (κ3) is 4.23. The standard InChI is InChI=1S/C14H13F3N2OS2/c1-8-7-21-13(18-8)22-9(2)12(20)19-11-6-4-3-5-10(11)14(15,16)17/h3-7,9H,1-2H3,(H,19,20)/t9-/m1/s1. The fraction of sp³-hybridized carbons (Fsp3) is 0.286. The Morgan fingerprint density at radius 2 is 2.05 bits per heavy atom. The van der Waals surface area contributed by atoms with Gasteiger partial charge in [0.25, 0.3) is 0 Å². The normalized spacial score (nSPS) is 13.0. The van der Waals surface area contributed by atoms with Crippen molar-refractivity contribution in [3.05, 3.63) is 40.9 Å². The highest BCUT2D eigenvalue weighted by molar-refractivity contribution is 8.02. The number of alkyl halides is 3. The first-order chi connectivity index (χ1) is 10.3. The Morgan fingerprint density at radius 1 is 1.36 bits per heavy atom. The number of aryl methyl sites for hydroxylation is 1. The number of hydrogen-bond acceptors (Lipinski definition) is 4. The summed E-state index contributed by atoms with van der Waals surface area (Å²) in [5.74, 6) is -0.491. The summed E-state index contributed by atoms with van der Waals surface area (Å²) in [6.07, 6.45) is -4.51. The van der Waals surface area contributed by atoms with Crippen molar-refractivity contribution in [3.8, 4) is 0 Å². The molecule has 0 aliphatic carbocycles. The fourth-order valence-corrected chi connectivity index (χ4v) is 3.65. The van der Waals surface area contributed by atoms with Gasteiger partial charge < -0.3 is 5.32 Å². The predicted octanol–water partition coefficient (Wildman–Crippen LogP) is 4.59. The zero-order valence-electron chi connectivity index (χ0n) is 11.8. The molecule has 8 heteroatoms. The van der Waals surface area contributed by atoms with E-state index < -0.39 is 22.9 Å². The number of nitrogens with zero attached hydrogens (tertiary/aromatic N) is 1. The van der Waals surface area contributed by atoms with Gasteiger partial charge in [-0.1, -0.05) is 23.9 Å².